The lowest BCUT2D eigenvalue weighted by Crippen LogP contribution is -2.28. The van der Waals surface area contributed by atoms with E-state index < -0.39 is 10.0 Å². The summed E-state index contributed by atoms with van der Waals surface area (Å²) in [6.07, 6.45) is 4.35. The summed E-state index contributed by atoms with van der Waals surface area (Å²) in [5.74, 6) is 0.736. The first-order chi connectivity index (χ1) is 8.96. The summed E-state index contributed by atoms with van der Waals surface area (Å²) in [7, 11) is -3.06. The molecule has 112 valence electrons. The molecule has 2 N–H and O–H groups in total. The Morgan fingerprint density at radius 3 is 2.63 bits per heavy atom. The van der Waals surface area contributed by atoms with Gasteiger partial charge in [-0.25, -0.2) is 13.1 Å². The molecule has 0 aromatic carbocycles. The highest BCUT2D eigenvalue weighted by molar-refractivity contribution is 8.14. The van der Waals surface area contributed by atoms with E-state index in [-0.39, 0.29) is 0 Å². The SMILES string of the molecule is CCC(CC)C1CN=C(NCCCNS(C)(=O)=O)S1. The second-order valence-corrected chi connectivity index (χ2v) is 7.89. The van der Waals surface area contributed by atoms with Crippen LogP contribution in [0.1, 0.15) is 33.1 Å². The third-order valence-corrected chi connectivity index (χ3v) is 5.31. The summed E-state index contributed by atoms with van der Waals surface area (Å²) in [6.45, 7) is 6.60. The molecule has 1 rings (SSSR count). The zero-order valence-corrected chi connectivity index (χ0v) is 13.6. The fourth-order valence-electron chi connectivity index (χ4n) is 2.09. The van der Waals surface area contributed by atoms with Gasteiger partial charge in [-0.3, -0.25) is 4.99 Å². The van der Waals surface area contributed by atoms with Crippen LogP contribution in [-0.2, 0) is 10.0 Å². The molecule has 0 bridgehead atoms. The van der Waals surface area contributed by atoms with Crippen molar-refractivity contribution < 1.29 is 8.42 Å². The van der Waals surface area contributed by atoms with E-state index in [1.807, 2.05) is 11.8 Å². The van der Waals surface area contributed by atoms with Crippen molar-refractivity contribution in [2.45, 2.75) is 38.4 Å². The molecule has 1 atom stereocenters. The van der Waals surface area contributed by atoms with Gasteiger partial charge in [-0.15, -0.1) is 0 Å². The topological polar surface area (TPSA) is 70.6 Å². The van der Waals surface area contributed by atoms with Crippen LogP contribution in [0.15, 0.2) is 4.99 Å². The van der Waals surface area contributed by atoms with Crippen LogP contribution >= 0.6 is 11.8 Å². The van der Waals surface area contributed by atoms with Crippen LogP contribution in [0.4, 0.5) is 0 Å². The molecule has 0 spiro atoms. The van der Waals surface area contributed by atoms with Crippen molar-refractivity contribution in [2.75, 3.05) is 25.9 Å². The summed E-state index contributed by atoms with van der Waals surface area (Å²) in [5.41, 5.74) is 0. The van der Waals surface area contributed by atoms with Crippen LogP contribution < -0.4 is 10.0 Å². The molecule has 1 unspecified atom stereocenters. The Balaban J connectivity index is 2.15. The normalized spacial score (nSPS) is 19.8. The van der Waals surface area contributed by atoms with Crippen LogP contribution in [0.25, 0.3) is 0 Å². The second kappa shape index (κ2) is 8.11. The molecular weight excluding hydrogens is 282 g/mol. The zero-order chi connectivity index (χ0) is 14.3. The van der Waals surface area contributed by atoms with Gasteiger partial charge in [0.05, 0.1) is 12.8 Å². The maximum atomic E-state index is 10.9. The molecule has 0 aromatic heterocycles. The molecule has 0 saturated heterocycles. The Morgan fingerprint density at radius 2 is 2.05 bits per heavy atom. The van der Waals surface area contributed by atoms with Gasteiger partial charge in [0.1, 0.15) is 0 Å². The average Bonchev–Trinajstić information content (AvgIpc) is 2.77. The first kappa shape index (κ1) is 16.8. The maximum Gasteiger partial charge on any atom is 0.208 e. The van der Waals surface area contributed by atoms with E-state index in [4.69, 9.17) is 0 Å². The van der Waals surface area contributed by atoms with Crippen LogP contribution in [0.5, 0.6) is 0 Å². The number of sulfonamides is 1. The second-order valence-electron chi connectivity index (χ2n) is 4.83. The predicted molar refractivity (Wildman–Crippen MR) is 83.2 cm³/mol. The van der Waals surface area contributed by atoms with Crippen molar-refractivity contribution in [2.24, 2.45) is 10.9 Å². The lowest BCUT2D eigenvalue weighted by Gasteiger charge is -2.18. The molecule has 0 radical (unpaired) electrons. The molecule has 0 amide bonds. The Labute approximate surface area is 121 Å². The Hall–Kier alpha value is -0.270. The number of nitrogens with one attached hydrogen (secondary N) is 2. The zero-order valence-electron chi connectivity index (χ0n) is 12.0. The number of hydrogen-bond acceptors (Lipinski definition) is 5. The third kappa shape index (κ3) is 6.63. The Morgan fingerprint density at radius 1 is 1.37 bits per heavy atom. The number of hydrogen-bond donors (Lipinski definition) is 2. The van der Waals surface area contributed by atoms with E-state index in [1.54, 1.807) is 0 Å². The predicted octanol–water partition coefficient (Wildman–Crippen LogP) is 1.42. The van der Waals surface area contributed by atoms with E-state index in [0.717, 1.165) is 30.6 Å². The minimum Gasteiger partial charge on any atom is -0.365 e. The number of aliphatic imine (C=N–C) groups is 1. The van der Waals surface area contributed by atoms with Crippen molar-refractivity contribution in [3.05, 3.63) is 0 Å². The van der Waals surface area contributed by atoms with E-state index in [1.165, 1.54) is 19.1 Å². The van der Waals surface area contributed by atoms with Gasteiger partial charge in [0.25, 0.3) is 0 Å². The van der Waals surface area contributed by atoms with Gasteiger partial charge in [-0.05, 0) is 12.3 Å². The Bertz CT molecular complexity index is 392. The molecule has 0 saturated carbocycles. The van der Waals surface area contributed by atoms with Gasteiger partial charge in [0, 0.05) is 18.3 Å². The van der Waals surface area contributed by atoms with E-state index in [9.17, 15) is 8.42 Å². The third-order valence-electron chi connectivity index (χ3n) is 3.25. The quantitative estimate of drug-likeness (QED) is 0.665. The first-order valence-corrected chi connectivity index (χ1v) is 9.63. The van der Waals surface area contributed by atoms with Crippen LogP contribution in [0, 0.1) is 5.92 Å². The summed E-state index contributed by atoms with van der Waals surface area (Å²) in [6, 6.07) is 0. The first-order valence-electron chi connectivity index (χ1n) is 6.85. The fourth-order valence-corrected chi connectivity index (χ4v) is 3.95. The van der Waals surface area contributed by atoms with Crippen LogP contribution in [0.3, 0.4) is 0 Å². The maximum absolute atomic E-state index is 10.9. The lowest BCUT2D eigenvalue weighted by atomic mass is 9.99. The number of thioether (sulfide) groups is 1. The molecule has 19 heavy (non-hydrogen) atoms. The van der Waals surface area contributed by atoms with Crippen molar-refractivity contribution >= 4 is 27.0 Å². The van der Waals surface area contributed by atoms with Gasteiger partial charge in [0.15, 0.2) is 5.17 Å². The summed E-state index contributed by atoms with van der Waals surface area (Å²) in [5, 5.41) is 4.89. The van der Waals surface area contributed by atoms with Gasteiger partial charge in [0.2, 0.25) is 10.0 Å². The van der Waals surface area contributed by atoms with Crippen molar-refractivity contribution in [3.8, 4) is 0 Å². The van der Waals surface area contributed by atoms with E-state index in [2.05, 4.69) is 28.9 Å². The van der Waals surface area contributed by atoms with Gasteiger partial charge < -0.3 is 5.32 Å². The molecule has 1 aliphatic heterocycles. The van der Waals surface area contributed by atoms with Crippen molar-refractivity contribution in [1.82, 2.24) is 10.0 Å². The minimum absolute atomic E-state index is 0.472. The standard InChI is InChI=1S/C12H25N3O2S2/c1-4-10(5-2)11-9-14-12(18-11)13-7-6-8-15-19(3,16)17/h10-11,15H,4-9H2,1-3H3,(H,13,14). The van der Waals surface area contributed by atoms with Crippen LogP contribution in [-0.4, -0.2) is 44.7 Å². The molecule has 0 aliphatic carbocycles. The monoisotopic (exact) mass is 307 g/mol. The van der Waals surface area contributed by atoms with Gasteiger partial charge >= 0.3 is 0 Å². The largest absolute Gasteiger partial charge is 0.365 e. The van der Waals surface area contributed by atoms with Crippen molar-refractivity contribution in [1.29, 1.82) is 0 Å². The molecular formula is C12H25N3O2S2. The lowest BCUT2D eigenvalue weighted by molar-refractivity contribution is 0.479. The number of amidine groups is 1. The molecule has 1 heterocycles. The van der Waals surface area contributed by atoms with Crippen LogP contribution in [0.2, 0.25) is 0 Å². The number of rotatable bonds is 8. The summed E-state index contributed by atoms with van der Waals surface area (Å²) in [4.78, 5) is 4.51. The minimum atomic E-state index is -3.06. The molecule has 1 aliphatic rings. The van der Waals surface area contributed by atoms with Gasteiger partial charge in [-0.2, -0.15) is 0 Å². The fraction of sp³-hybridized carbons (Fsp3) is 0.917. The smallest absolute Gasteiger partial charge is 0.208 e. The highest BCUT2D eigenvalue weighted by Gasteiger charge is 2.25. The Kier molecular flexibility index (Phi) is 7.17. The van der Waals surface area contributed by atoms with Crippen molar-refractivity contribution in [3.63, 3.8) is 0 Å². The molecule has 7 heteroatoms. The molecule has 5 nitrogen and oxygen atoms in total. The summed E-state index contributed by atoms with van der Waals surface area (Å²) < 4.78 is 24.2. The summed E-state index contributed by atoms with van der Waals surface area (Å²) >= 11 is 1.83. The average molecular weight is 307 g/mol. The van der Waals surface area contributed by atoms with Gasteiger partial charge in [-0.1, -0.05) is 38.5 Å². The molecule has 0 aromatic rings. The van der Waals surface area contributed by atoms with E-state index in [0.29, 0.717) is 11.8 Å². The van der Waals surface area contributed by atoms with E-state index >= 15 is 0 Å². The number of nitrogens with zero attached hydrogens (tertiary/aromatic N) is 1. The molecule has 0 fully saturated rings. The highest BCUT2D eigenvalue weighted by Crippen LogP contribution is 2.30. The highest BCUT2D eigenvalue weighted by atomic mass is 32.2.